The van der Waals surface area contributed by atoms with Gasteiger partial charge < -0.3 is 5.32 Å². The fourth-order valence-electron chi connectivity index (χ4n) is 1.59. The van der Waals surface area contributed by atoms with E-state index in [1.54, 1.807) is 4.57 Å². The van der Waals surface area contributed by atoms with Crippen molar-refractivity contribution in [3.63, 3.8) is 0 Å². The molecule has 0 unspecified atom stereocenters. The second-order valence-corrected chi connectivity index (χ2v) is 3.07. The molecule has 0 atom stereocenters. The Kier molecular flexibility index (Phi) is 2.11. The van der Waals surface area contributed by atoms with Crippen LogP contribution in [0.4, 0.5) is 5.82 Å². The molecule has 0 amide bonds. The molecule has 1 aromatic heterocycles. The molecule has 2 rings (SSSR count). The number of benzene rings is 1. The van der Waals surface area contributed by atoms with Crippen LogP contribution in [-0.2, 0) is 0 Å². The van der Waals surface area contributed by atoms with Gasteiger partial charge in [0.05, 0.1) is 0 Å². The Morgan fingerprint density at radius 2 is 2.21 bits per heavy atom. The van der Waals surface area contributed by atoms with E-state index in [0.717, 1.165) is 23.1 Å². The van der Waals surface area contributed by atoms with Gasteiger partial charge in [0, 0.05) is 23.5 Å². The molecule has 3 heteroatoms. The van der Waals surface area contributed by atoms with E-state index in [1.807, 2.05) is 37.4 Å². The normalized spacial score (nSPS) is 10.0. The lowest BCUT2D eigenvalue weighted by Crippen LogP contribution is -2.01. The maximum Gasteiger partial charge on any atom is 0.190 e. The molecular weight excluding hydrogens is 174 g/mol. The highest BCUT2D eigenvalue weighted by molar-refractivity contribution is 5.93. The molecule has 0 bridgehead atoms. The zero-order chi connectivity index (χ0) is 9.97. The standard InChI is InChI=1S/C11H11N3/c1-2-13-11-10-6-4-3-5-9(10)7-14(11)8-12/h3-7,13H,2H2,1H3. The highest BCUT2D eigenvalue weighted by atomic mass is 15.1. The van der Waals surface area contributed by atoms with Crippen molar-refractivity contribution in [1.82, 2.24) is 4.57 Å². The number of rotatable bonds is 2. The van der Waals surface area contributed by atoms with E-state index in [9.17, 15) is 0 Å². The van der Waals surface area contributed by atoms with E-state index in [-0.39, 0.29) is 0 Å². The Morgan fingerprint density at radius 3 is 2.93 bits per heavy atom. The molecule has 70 valence electrons. The first-order chi connectivity index (χ1) is 6.86. The number of aromatic nitrogens is 1. The van der Waals surface area contributed by atoms with Crippen molar-refractivity contribution in [2.24, 2.45) is 0 Å². The van der Waals surface area contributed by atoms with E-state index in [0.29, 0.717) is 0 Å². The van der Waals surface area contributed by atoms with Crippen molar-refractivity contribution >= 4 is 16.6 Å². The topological polar surface area (TPSA) is 40.8 Å². The molecule has 1 heterocycles. The van der Waals surface area contributed by atoms with Crippen LogP contribution in [-0.4, -0.2) is 11.1 Å². The van der Waals surface area contributed by atoms with Gasteiger partial charge in [-0.25, -0.2) is 4.57 Å². The maximum atomic E-state index is 8.92. The third-order valence-corrected chi connectivity index (χ3v) is 2.18. The third kappa shape index (κ3) is 1.21. The minimum absolute atomic E-state index is 0.815. The number of hydrogen-bond donors (Lipinski definition) is 1. The predicted molar refractivity (Wildman–Crippen MR) is 57.1 cm³/mol. The van der Waals surface area contributed by atoms with E-state index in [2.05, 4.69) is 11.5 Å². The van der Waals surface area contributed by atoms with Gasteiger partial charge in [-0.05, 0) is 6.92 Å². The predicted octanol–water partition coefficient (Wildman–Crippen LogP) is 2.40. The summed E-state index contributed by atoms with van der Waals surface area (Å²) < 4.78 is 1.56. The van der Waals surface area contributed by atoms with E-state index in [1.165, 1.54) is 0 Å². The van der Waals surface area contributed by atoms with Gasteiger partial charge in [-0.3, -0.25) is 0 Å². The smallest absolute Gasteiger partial charge is 0.190 e. The first kappa shape index (κ1) is 8.64. The molecular formula is C11H11N3. The average molecular weight is 185 g/mol. The fourth-order valence-corrected chi connectivity index (χ4v) is 1.59. The van der Waals surface area contributed by atoms with Crippen molar-refractivity contribution in [2.75, 3.05) is 11.9 Å². The summed E-state index contributed by atoms with van der Waals surface area (Å²) in [5.41, 5.74) is 0. The Hall–Kier alpha value is -1.95. The lowest BCUT2D eigenvalue weighted by atomic mass is 10.2. The molecule has 1 N–H and O–H groups in total. The Balaban J connectivity index is 2.69. The van der Waals surface area contributed by atoms with Gasteiger partial charge in [0.25, 0.3) is 0 Å². The molecule has 1 aromatic carbocycles. The lowest BCUT2D eigenvalue weighted by molar-refractivity contribution is 1.07. The Labute approximate surface area is 82.6 Å². The monoisotopic (exact) mass is 185 g/mol. The quantitative estimate of drug-likeness (QED) is 0.780. The van der Waals surface area contributed by atoms with Crippen LogP contribution in [0.2, 0.25) is 0 Å². The van der Waals surface area contributed by atoms with Crippen molar-refractivity contribution in [3.8, 4) is 6.19 Å². The van der Waals surface area contributed by atoms with Crippen LogP contribution in [0.3, 0.4) is 0 Å². The van der Waals surface area contributed by atoms with Crippen molar-refractivity contribution in [2.45, 2.75) is 6.92 Å². The second kappa shape index (κ2) is 3.43. The van der Waals surface area contributed by atoms with Crippen LogP contribution in [0, 0.1) is 11.5 Å². The van der Waals surface area contributed by atoms with E-state index < -0.39 is 0 Å². The first-order valence-electron chi connectivity index (χ1n) is 4.61. The van der Waals surface area contributed by atoms with Gasteiger partial charge in [-0.15, -0.1) is 0 Å². The Morgan fingerprint density at radius 1 is 1.43 bits per heavy atom. The summed E-state index contributed by atoms with van der Waals surface area (Å²) in [7, 11) is 0. The van der Waals surface area contributed by atoms with Gasteiger partial charge in [0.1, 0.15) is 5.82 Å². The molecule has 14 heavy (non-hydrogen) atoms. The summed E-state index contributed by atoms with van der Waals surface area (Å²) in [6, 6.07) is 7.97. The second-order valence-electron chi connectivity index (χ2n) is 3.07. The number of nitrogens with zero attached hydrogens (tertiary/aromatic N) is 2. The van der Waals surface area contributed by atoms with Crippen LogP contribution in [0.25, 0.3) is 10.8 Å². The Bertz CT molecular complexity index is 491. The molecule has 0 aliphatic heterocycles. The summed E-state index contributed by atoms with van der Waals surface area (Å²) in [5.74, 6) is 0.880. The van der Waals surface area contributed by atoms with Crippen LogP contribution >= 0.6 is 0 Å². The molecule has 0 radical (unpaired) electrons. The van der Waals surface area contributed by atoms with Crippen LogP contribution < -0.4 is 5.32 Å². The molecule has 0 spiro atoms. The summed E-state index contributed by atoms with van der Waals surface area (Å²) in [6.45, 7) is 2.83. The molecule has 0 fully saturated rings. The van der Waals surface area contributed by atoms with Crippen molar-refractivity contribution in [1.29, 1.82) is 5.26 Å². The third-order valence-electron chi connectivity index (χ3n) is 2.18. The number of nitriles is 1. The minimum Gasteiger partial charge on any atom is -0.370 e. The highest BCUT2D eigenvalue weighted by Gasteiger charge is 2.06. The van der Waals surface area contributed by atoms with E-state index >= 15 is 0 Å². The number of anilines is 1. The summed E-state index contributed by atoms with van der Waals surface area (Å²) in [5, 5.41) is 14.3. The molecule has 0 saturated heterocycles. The SMILES string of the molecule is CCNc1c2ccccc2cn1C#N. The van der Waals surface area contributed by atoms with Gasteiger partial charge >= 0.3 is 0 Å². The molecule has 0 saturated carbocycles. The summed E-state index contributed by atoms with van der Waals surface area (Å²) in [4.78, 5) is 0. The van der Waals surface area contributed by atoms with Crippen LogP contribution in [0.1, 0.15) is 6.92 Å². The number of fused-ring (bicyclic) bond motifs is 1. The van der Waals surface area contributed by atoms with Crippen molar-refractivity contribution in [3.05, 3.63) is 30.5 Å². The number of nitrogens with one attached hydrogen (secondary N) is 1. The molecule has 2 aromatic rings. The molecule has 0 aliphatic rings. The largest absolute Gasteiger partial charge is 0.370 e. The zero-order valence-electron chi connectivity index (χ0n) is 7.99. The fraction of sp³-hybridized carbons (Fsp3) is 0.182. The highest BCUT2D eigenvalue weighted by Crippen LogP contribution is 2.24. The average Bonchev–Trinajstić information content (AvgIpc) is 2.58. The molecule has 0 aliphatic carbocycles. The van der Waals surface area contributed by atoms with Gasteiger partial charge in [-0.2, -0.15) is 5.26 Å². The molecule has 3 nitrogen and oxygen atoms in total. The summed E-state index contributed by atoms with van der Waals surface area (Å²) >= 11 is 0. The van der Waals surface area contributed by atoms with Crippen molar-refractivity contribution < 1.29 is 0 Å². The summed E-state index contributed by atoms with van der Waals surface area (Å²) in [6.07, 6.45) is 3.96. The van der Waals surface area contributed by atoms with Crippen LogP contribution in [0.5, 0.6) is 0 Å². The lowest BCUT2D eigenvalue weighted by Gasteiger charge is -2.02. The first-order valence-corrected chi connectivity index (χ1v) is 4.61. The van der Waals surface area contributed by atoms with E-state index in [4.69, 9.17) is 5.26 Å². The maximum absolute atomic E-state index is 8.92. The minimum atomic E-state index is 0.815. The number of hydrogen-bond acceptors (Lipinski definition) is 2. The zero-order valence-corrected chi connectivity index (χ0v) is 7.99. The van der Waals surface area contributed by atoms with Crippen LogP contribution in [0.15, 0.2) is 30.5 Å². The van der Waals surface area contributed by atoms with Gasteiger partial charge in [0.15, 0.2) is 6.19 Å². The van der Waals surface area contributed by atoms with Gasteiger partial charge in [0.2, 0.25) is 0 Å². The van der Waals surface area contributed by atoms with Gasteiger partial charge in [-0.1, -0.05) is 24.3 Å².